The molecule has 0 amide bonds. The molecule has 0 aliphatic carbocycles. The van der Waals surface area contributed by atoms with Gasteiger partial charge in [0.25, 0.3) is 0 Å². The van der Waals surface area contributed by atoms with Crippen LogP contribution in [0.5, 0.6) is 0 Å². The normalized spacial score (nSPS) is 11.6. The molecule has 5 heteroatoms. The van der Waals surface area contributed by atoms with Crippen molar-refractivity contribution in [2.45, 2.75) is 0 Å². The van der Waals surface area contributed by atoms with Crippen molar-refractivity contribution in [3.05, 3.63) is 200 Å². The summed E-state index contributed by atoms with van der Waals surface area (Å²) in [6, 6.07) is 70.4. The van der Waals surface area contributed by atoms with Crippen molar-refractivity contribution in [3.63, 3.8) is 0 Å². The fourth-order valence-electron chi connectivity index (χ4n) is 8.21. The van der Waals surface area contributed by atoms with Crippen LogP contribution in [0.3, 0.4) is 0 Å². The van der Waals surface area contributed by atoms with Crippen LogP contribution in [0, 0.1) is 0 Å². The van der Waals surface area contributed by atoms with Crippen LogP contribution >= 0.6 is 0 Å². The Hall–Kier alpha value is -7.63. The van der Waals surface area contributed by atoms with Crippen LogP contribution in [0.1, 0.15) is 0 Å². The third-order valence-corrected chi connectivity index (χ3v) is 10.8. The predicted molar refractivity (Wildman–Crippen MR) is 230 cm³/mol. The molecule has 0 saturated heterocycles. The van der Waals surface area contributed by atoms with E-state index in [1.165, 1.54) is 27.4 Å². The van der Waals surface area contributed by atoms with Crippen LogP contribution < -0.4 is 0 Å². The number of benzene rings is 8. The van der Waals surface area contributed by atoms with Gasteiger partial charge in [-0.3, -0.25) is 4.57 Å². The van der Waals surface area contributed by atoms with E-state index in [9.17, 15) is 0 Å². The second kappa shape index (κ2) is 13.0. The molecule has 5 nitrogen and oxygen atoms in total. The molecule has 0 spiro atoms. The standard InChI is InChI=1S/C51H33N5/c1-5-16-34(17-6-1)38-28-30-42-41-24-13-14-27-45(41)55(47(42)32-38)39-29-31-46-44(33-39)43-26-15-25-40(35-18-7-2-8-19-35)48(43)56(46)51-53-49(36-20-9-3-10-21-36)52-50(54-51)37-22-11-4-12-23-37/h1-33H. The minimum absolute atomic E-state index is 0.568. The molecule has 56 heavy (non-hydrogen) atoms. The van der Waals surface area contributed by atoms with Gasteiger partial charge in [-0.1, -0.05) is 170 Å². The molecule has 0 atom stereocenters. The predicted octanol–water partition coefficient (Wildman–Crippen LogP) is 12.7. The van der Waals surface area contributed by atoms with E-state index in [1.54, 1.807) is 0 Å². The van der Waals surface area contributed by atoms with E-state index in [1.807, 2.05) is 36.4 Å². The minimum atomic E-state index is 0.568. The van der Waals surface area contributed by atoms with Crippen molar-refractivity contribution >= 4 is 43.6 Å². The van der Waals surface area contributed by atoms with E-state index >= 15 is 0 Å². The highest BCUT2D eigenvalue weighted by Crippen LogP contribution is 2.41. The van der Waals surface area contributed by atoms with Crippen LogP contribution in [0.2, 0.25) is 0 Å². The molecule has 0 radical (unpaired) electrons. The fraction of sp³-hybridized carbons (Fsp3) is 0. The molecule has 3 heterocycles. The summed E-state index contributed by atoms with van der Waals surface area (Å²) in [6.45, 7) is 0. The van der Waals surface area contributed by atoms with Crippen molar-refractivity contribution in [2.24, 2.45) is 0 Å². The summed E-state index contributed by atoms with van der Waals surface area (Å²) in [5, 5.41) is 4.68. The number of rotatable bonds is 6. The van der Waals surface area contributed by atoms with Crippen molar-refractivity contribution < 1.29 is 0 Å². The molecule has 0 saturated carbocycles. The van der Waals surface area contributed by atoms with E-state index in [0.717, 1.165) is 55.3 Å². The molecule has 0 fully saturated rings. The molecular weight excluding hydrogens is 683 g/mol. The monoisotopic (exact) mass is 715 g/mol. The number of aromatic nitrogens is 5. The first-order valence-corrected chi connectivity index (χ1v) is 18.9. The first kappa shape index (κ1) is 31.9. The zero-order valence-electron chi connectivity index (χ0n) is 30.3. The largest absolute Gasteiger partial charge is 0.309 e. The van der Waals surface area contributed by atoms with E-state index in [-0.39, 0.29) is 0 Å². The topological polar surface area (TPSA) is 48.5 Å². The third kappa shape index (κ3) is 5.21. The Bertz CT molecular complexity index is 3160. The van der Waals surface area contributed by atoms with E-state index < -0.39 is 0 Å². The third-order valence-electron chi connectivity index (χ3n) is 10.8. The molecule has 3 aromatic heterocycles. The van der Waals surface area contributed by atoms with E-state index in [0.29, 0.717) is 17.6 Å². The Morgan fingerprint density at radius 3 is 1.54 bits per heavy atom. The molecule has 262 valence electrons. The number of hydrogen-bond donors (Lipinski definition) is 0. The highest BCUT2D eigenvalue weighted by molar-refractivity contribution is 6.15. The molecule has 11 aromatic rings. The van der Waals surface area contributed by atoms with E-state index in [2.05, 4.69) is 173 Å². The molecule has 0 aliphatic rings. The van der Waals surface area contributed by atoms with Gasteiger partial charge in [0.05, 0.1) is 22.1 Å². The highest BCUT2D eigenvalue weighted by atomic mass is 15.2. The first-order valence-electron chi connectivity index (χ1n) is 18.9. The van der Waals surface area contributed by atoms with Crippen LogP contribution in [-0.4, -0.2) is 24.1 Å². The maximum atomic E-state index is 5.23. The lowest BCUT2D eigenvalue weighted by atomic mass is 10.0. The van der Waals surface area contributed by atoms with Crippen LogP contribution in [0.15, 0.2) is 200 Å². The zero-order valence-corrected chi connectivity index (χ0v) is 30.3. The second-order valence-electron chi connectivity index (χ2n) is 14.1. The Balaban J connectivity index is 1.22. The van der Waals surface area contributed by atoms with Gasteiger partial charge in [0.1, 0.15) is 0 Å². The minimum Gasteiger partial charge on any atom is -0.309 e. The van der Waals surface area contributed by atoms with Crippen molar-refractivity contribution in [1.29, 1.82) is 0 Å². The summed E-state index contributed by atoms with van der Waals surface area (Å²) < 4.78 is 4.64. The fourth-order valence-corrected chi connectivity index (χ4v) is 8.21. The lowest BCUT2D eigenvalue weighted by Gasteiger charge is -2.13. The van der Waals surface area contributed by atoms with Crippen molar-refractivity contribution in [3.8, 4) is 56.7 Å². The molecule has 0 bridgehead atoms. The summed E-state index contributed by atoms with van der Waals surface area (Å²) >= 11 is 0. The van der Waals surface area contributed by atoms with Gasteiger partial charge in [-0.05, 0) is 47.0 Å². The Morgan fingerprint density at radius 1 is 0.304 bits per heavy atom. The zero-order chi connectivity index (χ0) is 37.0. The lowest BCUT2D eigenvalue weighted by Crippen LogP contribution is -2.07. The van der Waals surface area contributed by atoms with Crippen LogP contribution in [0.25, 0.3) is 100 Å². The van der Waals surface area contributed by atoms with Crippen LogP contribution in [-0.2, 0) is 0 Å². The smallest absolute Gasteiger partial charge is 0.238 e. The summed E-state index contributed by atoms with van der Waals surface area (Å²) in [4.78, 5) is 15.5. The highest BCUT2D eigenvalue weighted by Gasteiger charge is 2.22. The summed E-state index contributed by atoms with van der Waals surface area (Å²) in [5.74, 6) is 1.81. The molecule has 0 N–H and O–H groups in total. The molecule has 0 aliphatic heterocycles. The number of para-hydroxylation sites is 2. The van der Waals surface area contributed by atoms with Gasteiger partial charge in [-0.25, -0.2) is 4.98 Å². The summed E-state index contributed by atoms with van der Waals surface area (Å²) in [7, 11) is 0. The Kier molecular flexibility index (Phi) is 7.42. The average Bonchev–Trinajstić information content (AvgIpc) is 3.79. The van der Waals surface area contributed by atoms with Crippen LogP contribution in [0.4, 0.5) is 0 Å². The van der Waals surface area contributed by atoms with E-state index in [4.69, 9.17) is 15.0 Å². The van der Waals surface area contributed by atoms with Gasteiger partial charge in [-0.15, -0.1) is 0 Å². The molecule has 11 rings (SSSR count). The van der Waals surface area contributed by atoms with Gasteiger partial charge in [0.15, 0.2) is 11.6 Å². The summed E-state index contributed by atoms with van der Waals surface area (Å²) in [5.41, 5.74) is 11.9. The van der Waals surface area contributed by atoms with Gasteiger partial charge < -0.3 is 4.57 Å². The number of nitrogens with zero attached hydrogens (tertiary/aromatic N) is 5. The van der Waals surface area contributed by atoms with Gasteiger partial charge in [0.2, 0.25) is 5.95 Å². The number of fused-ring (bicyclic) bond motifs is 6. The number of hydrogen-bond acceptors (Lipinski definition) is 3. The molecule has 0 unspecified atom stereocenters. The average molecular weight is 716 g/mol. The van der Waals surface area contributed by atoms with Crippen molar-refractivity contribution in [1.82, 2.24) is 24.1 Å². The maximum Gasteiger partial charge on any atom is 0.238 e. The van der Waals surface area contributed by atoms with Gasteiger partial charge in [-0.2, -0.15) is 9.97 Å². The molecule has 8 aromatic carbocycles. The Labute approximate surface area is 323 Å². The van der Waals surface area contributed by atoms with Crippen molar-refractivity contribution in [2.75, 3.05) is 0 Å². The lowest BCUT2D eigenvalue weighted by molar-refractivity contribution is 0.953. The molecular formula is C51H33N5. The summed E-state index contributed by atoms with van der Waals surface area (Å²) in [6.07, 6.45) is 0. The maximum absolute atomic E-state index is 5.23. The van der Waals surface area contributed by atoms with Gasteiger partial charge in [0, 0.05) is 43.9 Å². The van der Waals surface area contributed by atoms with Gasteiger partial charge >= 0.3 is 0 Å². The SMILES string of the molecule is c1ccc(-c2ccc3c4ccccc4n(-c4ccc5c(c4)c4cccc(-c6ccccc6)c4n5-c4nc(-c5ccccc5)nc(-c5ccccc5)n4)c3c2)cc1. The second-order valence-corrected chi connectivity index (χ2v) is 14.1. The Morgan fingerprint density at radius 2 is 0.857 bits per heavy atom. The quantitative estimate of drug-likeness (QED) is 0.172. The first-order chi connectivity index (χ1) is 27.8.